The summed E-state index contributed by atoms with van der Waals surface area (Å²) in [5.74, 6) is 0.167. The topological polar surface area (TPSA) is 56.1 Å². The molecule has 0 spiro atoms. The fourth-order valence-corrected chi connectivity index (χ4v) is 6.59. The third kappa shape index (κ3) is 3.44. The van der Waals surface area contributed by atoms with E-state index in [9.17, 15) is 13.2 Å². The molecule has 6 heteroatoms. The third-order valence-corrected chi connectivity index (χ3v) is 8.79. The zero-order valence-corrected chi connectivity index (χ0v) is 19.9. The summed E-state index contributed by atoms with van der Waals surface area (Å²) in [5, 5.41) is 0.858. The zero-order valence-electron chi connectivity index (χ0n) is 17.5. The Labute approximate surface area is 186 Å². The van der Waals surface area contributed by atoms with Gasteiger partial charge in [0.25, 0.3) is 10.0 Å². The van der Waals surface area contributed by atoms with E-state index in [4.69, 9.17) is 0 Å². The minimum absolute atomic E-state index is 0.112. The van der Waals surface area contributed by atoms with E-state index in [1.54, 1.807) is 30.5 Å². The van der Waals surface area contributed by atoms with Crippen LogP contribution in [0.5, 0.6) is 0 Å². The van der Waals surface area contributed by atoms with Crippen molar-refractivity contribution in [3.63, 3.8) is 0 Å². The van der Waals surface area contributed by atoms with Crippen LogP contribution in [0.3, 0.4) is 0 Å². The number of carbonyl (C=O) groups is 1. The molecule has 1 atom stereocenters. The van der Waals surface area contributed by atoms with Crippen molar-refractivity contribution in [3.05, 3.63) is 64.3 Å². The SMILES string of the molecule is Cc1ccc(S(=O)(=O)n2cc(C(C)(C)C3CCCCC3=O)c3c(Br)cccc32)cc1. The van der Waals surface area contributed by atoms with Gasteiger partial charge >= 0.3 is 0 Å². The Morgan fingerprint density at radius 2 is 1.77 bits per heavy atom. The molecule has 1 saturated carbocycles. The molecule has 1 heterocycles. The zero-order chi connectivity index (χ0) is 21.7. The van der Waals surface area contributed by atoms with E-state index < -0.39 is 15.4 Å². The molecule has 1 aliphatic rings. The van der Waals surface area contributed by atoms with Crippen molar-refractivity contribution in [3.8, 4) is 0 Å². The number of fused-ring (bicyclic) bond motifs is 1. The number of Topliss-reactive ketones (excluding diaryl/α,β-unsaturated/α-hetero) is 1. The number of aromatic nitrogens is 1. The van der Waals surface area contributed by atoms with E-state index >= 15 is 0 Å². The molecular formula is C24H26BrNO3S. The van der Waals surface area contributed by atoms with Crippen molar-refractivity contribution in [2.45, 2.75) is 56.8 Å². The van der Waals surface area contributed by atoms with E-state index in [2.05, 4.69) is 29.8 Å². The second kappa shape index (κ2) is 7.65. The van der Waals surface area contributed by atoms with Crippen LogP contribution in [-0.4, -0.2) is 18.2 Å². The summed E-state index contributed by atoms with van der Waals surface area (Å²) in [6.07, 6.45) is 5.15. The normalized spacial score (nSPS) is 18.1. The van der Waals surface area contributed by atoms with Gasteiger partial charge in [-0.05, 0) is 49.6 Å². The van der Waals surface area contributed by atoms with Crippen molar-refractivity contribution >= 4 is 42.6 Å². The van der Waals surface area contributed by atoms with Gasteiger partial charge in [0.1, 0.15) is 5.78 Å². The molecule has 0 radical (unpaired) electrons. The minimum atomic E-state index is -3.77. The lowest BCUT2D eigenvalue weighted by Crippen LogP contribution is -2.36. The summed E-state index contributed by atoms with van der Waals surface area (Å²) in [6.45, 7) is 6.07. The van der Waals surface area contributed by atoms with Crippen LogP contribution in [0.25, 0.3) is 10.9 Å². The van der Waals surface area contributed by atoms with Crippen LogP contribution in [0, 0.1) is 12.8 Å². The van der Waals surface area contributed by atoms with Crippen LogP contribution >= 0.6 is 15.9 Å². The average Bonchev–Trinajstić information content (AvgIpc) is 3.11. The van der Waals surface area contributed by atoms with Gasteiger partial charge in [0.15, 0.2) is 0 Å². The maximum absolute atomic E-state index is 13.5. The maximum Gasteiger partial charge on any atom is 0.268 e. The van der Waals surface area contributed by atoms with Crippen LogP contribution in [0.2, 0.25) is 0 Å². The van der Waals surface area contributed by atoms with Crippen molar-refractivity contribution in [2.75, 3.05) is 0 Å². The first-order valence-corrected chi connectivity index (χ1v) is 12.5. The van der Waals surface area contributed by atoms with Gasteiger partial charge in [0.05, 0.1) is 10.4 Å². The first kappa shape index (κ1) is 21.3. The van der Waals surface area contributed by atoms with Gasteiger partial charge in [-0.15, -0.1) is 0 Å². The van der Waals surface area contributed by atoms with Gasteiger partial charge in [0.2, 0.25) is 0 Å². The van der Waals surface area contributed by atoms with Crippen molar-refractivity contribution in [1.82, 2.24) is 3.97 Å². The molecule has 0 aliphatic heterocycles. The van der Waals surface area contributed by atoms with Crippen LogP contribution < -0.4 is 0 Å². The summed E-state index contributed by atoms with van der Waals surface area (Å²) < 4.78 is 29.3. The van der Waals surface area contributed by atoms with Crippen molar-refractivity contribution in [2.24, 2.45) is 5.92 Å². The smallest absolute Gasteiger partial charge is 0.268 e. The lowest BCUT2D eigenvalue weighted by molar-refractivity contribution is -0.126. The van der Waals surface area contributed by atoms with Crippen molar-refractivity contribution in [1.29, 1.82) is 0 Å². The molecule has 1 fully saturated rings. The lowest BCUT2D eigenvalue weighted by Gasteiger charge is -2.36. The third-order valence-electron chi connectivity index (χ3n) is 6.44. The number of nitrogens with zero attached hydrogens (tertiary/aromatic N) is 1. The molecule has 0 N–H and O–H groups in total. The molecule has 4 rings (SSSR count). The molecule has 30 heavy (non-hydrogen) atoms. The summed E-state index contributed by atoms with van der Waals surface area (Å²) >= 11 is 3.63. The number of aryl methyl sites for hydroxylation is 1. The summed E-state index contributed by atoms with van der Waals surface area (Å²) in [7, 11) is -3.77. The predicted octanol–water partition coefficient (Wildman–Crippen LogP) is 5.99. The molecule has 1 aliphatic carbocycles. The number of carbonyl (C=O) groups excluding carboxylic acids is 1. The first-order valence-electron chi connectivity index (χ1n) is 10.3. The standard InChI is InChI=1S/C24H26BrNO3S/c1-16-11-13-17(14-12-16)30(28,29)26-15-19(23-20(25)8-6-9-21(23)26)24(2,3)18-7-4-5-10-22(18)27/h6,8-9,11-15,18H,4-5,7,10H2,1-3H3. The highest BCUT2D eigenvalue weighted by molar-refractivity contribution is 9.10. The summed E-state index contributed by atoms with van der Waals surface area (Å²) in [5.41, 5.74) is 2.04. The van der Waals surface area contributed by atoms with Gasteiger partial charge in [-0.25, -0.2) is 12.4 Å². The van der Waals surface area contributed by atoms with Crippen LogP contribution in [0.15, 0.2) is 58.0 Å². The van der Waals surface area contributed by atoms with E-state index in [1.807, 2.05) is 25.1 Å². The molecule has 4 nitrogen and oxygen atoms in total. The molecular weight excluding hydrogens is 462 g/mol. The molecule has 0 bridgehead atoms. The fourth-order valence-electron chi connectivity index (χ4n) is 4.66. The molecule has 158 valence electrons. The molecule has 2 aromatic carbocycles. The number of hydrogen-bond acceptors (Lipinski definition) is 3. The fraction of sp³-hybridized carbons (Fsp3) is 0.375. The monoisotopic (exact) mass is 487 g/mol. The number of halogens is 1. The van der Waals surface area contributed by atoms with Crippen molar-refractivity contribution < 1.29 is 13.2 Å². The number of ketones is 1. The molecule has 1 aromatic heterocycles. The van der Waals surface area contributed by atoms with Gasteiger partial charge in [-0.1, -0.05) is 60.0 Å². The first-order chi connectivity index (χ1) is 14.1. The molecule has 3 aromatic rings. The average molecular weight is 488 g/mol. The minimum Gasteiger partial charge on any atom is -0.299 e. The largest absolute Gasteiger partial charge is 0.299 e. The quantitative estimate of drug-likeness (QED) is 0.454. The Kier molecular flexibility index (Phi) is 5.43. The highest BCUT2D eigenvalue weighted by atomic mass is 79.9. The second-order valence-electron chi connectivity index (χ2n) is 8.78. The van der Waals surface area contributed by atoms with Gasteiger partial charge in [-0.3, -0.25) is 4.79 Å². The predicted molar refractivity (Wildman–Crippen MR) is 123 cm³/mol. The molecule has 1 unspecified atom stereocenters. The van der Waals surface area contributed by atoms with E-state index in [1.165, 1.54) is 3.97 Å². The number of rotatable bonds is 4. The Bertz CT molecular complexity index is 1220. The Balaban J connectivity index is 1.95. The van der Waals surface area contributed by atoms with Gasteiger partial charge in [0, 0.05) is 33.8 Å². The van der Waals surface area contributed by atoms with E-state index in [-0.39, 0.29) is 16.6 Å². The van der Waals surface area contributed by atoms with E-state index in [0.29, 0.717) is 11.9 Å². The highest BCUT2D eigenvalue weighted by Gasteiger charge is 2.40. The second-order valence-corrected chi connectivity index (χ2v) is 11.4. The molecule has 0 amide bonds. The van der Waals surface area contributed by atoms with Crippen LogP contribution in [-0.2, 0) is 20.2 Å². The summed E-state index contributed by atoms with van der Waals surface area (Å²) in [6, 6.07) is 12.5. The van der Waals surface area contributed by atoms with Crippen LogP contribution in [0.1, 0.15) is 50.7 Å². The number of benzene rings is 2. The van der Waals surface area contributed by atoms with Gasteiger partial charge in [-0.2, -0.15) is 0 Å². The van der Waals surface area contributed by atoms with E-state index in [0.717, 1.165) is 40.2 Å². The van der Waals surface area contributed by atoms with Crippen LogP contribution in [0.4, 0.5) is 0 Å². The Hall–Kier alpha value is -1.92. The maximum atomic E-state index is 13.5. The summed E-state index contributed by atoms with van der Waals surface area (Å²) in [4.78, 5) is 13.0. The number of hydrogen-bond donors (Lipinski definition) is 0. The van der Waals surface area contributed by atoms with Gasteiger partial charge < -0.3 is 0 Å². The Morgan fingerprint density at radius 3 is 2.43 bits per heavy atom. The highest BCUT2D eigenvalue weighted by Crippen LogP contribution is 2.44. The molecule has 0 saturated heterocycles. The Morgan fingerprint density at radius 1 is 1.07 bits per heavy atom. The lowest BCUT2D eigenvalue weighted by atomic mass is 9.67.